The molecule has 0 atom stereocenters. The predicted molar refractivity (Wildman–Crippen MR) is 80.9 cm³/mol. The fourth-order valence-corrected chi connectivity index (χ4v) is 4.47. The number of carboxylic acid groups (broad SMARTS) is 1. The van der Waals surface area contributed by atoms with Gasteiger partial charge in [0, 0.05) is 4.88 Å². The van der Waals surface area contributed by atoms with Crippen LogP contribution in [0.25, 0.3) is 0 Å². The highest BCUT2D eigenvalue weighted by Crippen LogP contribution is 2.28. The second-order valence-electron chi connectivity index (χ2n) is 4.07. The summed E-state index contributed by atoms with van der Waals surface area (Å²) < 4.78 is 40.0. The number of hydrogen-bond donors (Lipinski definition) is 2. The van der Waals surface area contributed by atoms with E-state index in [9.17, 15) is 17.6 Å². The number of aryl methyl sites for hydroxylation is 1. The number of halogens is 2. The first-order chi connectivity index (χ1) is 9.70. The van der Waals surface area contributed by atoms with Crippen LogP contribution in [0.15, 0.2) is 33.6 Å². The van der Waals surface area contributed by atoms with Crippen LogP contribution in [-0.4, -0.2) is 19.5 Å². The van der Waals surface area contributed by atoms with Gasteiger partial charge in [-0.2, -0.15) is 0 Å². The van der Waals surface area contributed by atoms with E-state index in [2.05, 4.69) is 20.7 Å². The molecule has 0 fully saturated rings. The van der Waals surface area contributed by atoms with Crippen molar-refractivity contribution in [2.75, 3.05) is 4.72 Å². The molecule has 2 aromatic rings. The molecule has 112 valence electrons. The summed E-state index contributed by atoms with van der Waals surface area (Å²) in [5, 5.41) is 8.89. The number of carboxylic acids is 1. The lowest BCUT2D eigenvalue weighted by Gasteiger charge is -2.08. The minimum atomic E-state index is -3.93. The van der Waals surface area contributed by atoms with Gasteiger partial charge in [-0.3, -0.25) is 4.72 Å². The van der Waals surface area contributed by atoms with Crippen molar-refractivity contribution in [2.45, 2.75) is 11.8 Å². The highest BCUT2D eigenvalue weighted by molar-refractivity contribution is 9.10. The molecule has 0 saturated carbocycles. The Labute approximate surface area is 132 Å². The van der Waals surface area contributed by atoms with Crippen molar-refractivity contribution in [3.05, 3.63) is 44.3 Å². The lowest BCUT2D eigenvalue weighted by molar-refractivity contribution is 0.0702. The largest absolute Gasteiger partial charge is 0.477 e. The van der Waals surface area contributed by atoms with Gasteiger partial charge in [0.25, 0.3) is 10.0 Å². The number of carbonyl (C=O) groups is 1. The molecule has 0 radical (unpaired) electrons. The van der Waals surface area contributed by atoms with Crippen molar-refractivity contribution in [3.8, 4) is 0 Å². The summed E-state index contributed by atoms with van der Waals surface area (Å²) in [6.45, 7) is 1.52. The number of nitrogens with one attached hydrogen (secondary N) is 1. The fourth-order valence-electron chi connectivity index (χ4n) is 1.61. The summed E-state index contributed by atoms with van der Waals surface area (Å²) in [5.74, 6) is -1.70. The normalized spacial score (nSPS) is 11.4. The maximum absolute atomic E-state index is 13.1. The van der Waals surface area contributed by atoms with Gasteiger partial charge >= 0.3 is 5.97 Å². The smallest absolute Gasteiger partial charge is 0.345 e. The van der Waals surface area contributed by atoms with Crippen LogP contribution >= 0.6 is 27.3 Å². The molecule has 1 aromatic heterocycles. The van der Waals surface area contributed by atoms with Crippen molar-refractivity contribution in [2.24, 2.45) is 0 Å². The van der Waals surface area contributed by atoms with E-state index in [1.807, 2.05) is 0 Å². The third-order valence-corrected chi connectivity index (χ3v) is 5.83. The molecule has 0 spiro atoms. The summed E-state index contributed by atoms with van der Waals surface area (Å²) in [4.78, 5) is 11.1. The maximum atomic E-state index is 13.1. The highest BCUT2D eigenvalue weighted by Gasteiger charge is 2.22. The van der Waals surface area contributed by atoms with E-state index in [0.29, 0.717) is 4.88 Å². The van der Waals surface area contributed by atoms with Crippen LogP contribution in [-0.2, 0) is 10.0 Å². The first-order valence-corrected chi connectivity index (χ1v) is 8.61. The molecule has 0 unspecified atom stereocenters. The van der Waals surface area contributed by atoms with Crippen LogP contribution < -0.4 is 4.72 Å². The number of anilines is 1. The Morgan fingerprint density at radius 1 is 1.38 bits per heavy atom. The Bertz CT molecular complexity index is 817. The summed E-state index contributed by atoms with van der Waals surface area (Å²) in [6.07, 6.45) is 0. The molecule has 5 nitrogen and oxygen atoms in total. The molecule has 0 aliphatic rings. The maximum Gasteiger partial charge on any atom is 0.345 e. The van der Waals surface area contributed by atoms with Crippen LogP contribution in [0.1, 0.15) is 14.5 Å². The van der Waals surface area contributed by atoms with Gasteiger partial charge in [-0.25, -0.2) is 17.6 Å². The van der Waals surface area contributed by atoms with E-state index < -0.39 is 21.8 Å². The third kappa shape index (κ3) is 3.42. The van der Waals surface area contributed by atoms with Gasteiger partial charge in [0.15, 0.2) is 0 Å². The molecule has 9 heteroatoms. The zero-order valence-corrected chi connectivity index (χ0v) is 13.8. The number of thiophene rings is 1. The van der Waals surface area contributed by atoms with Gasteiger partial charge in [0.2, 0.25) is 0 Å². The topological polar surface area (TPSA) is 83.5 Å². The Hall–Kier alpha value is -1.45. The molecule has 21 heavy (non-hydrogen) atoms. The van der Waals surface area contributed by atoms with Crippen molar-refractivity contribution in [1.29, 1.82) is 0 Å². The number of hydrogen-bond acceptors (Lipinski definition) is 4. The van der Waals surface area contributed by atoms with Crippen LogP contribution in [0.2, 0.25) is 0 Å². The molecule has 2 rings (SSSR count). The lowest BCUT2D eigenvalue weighted by Crippen LogP contribution is -2.13. The van der Waals surface area contributed by atoms with E-state index in [1.54, 1.807) is 0 Å². The Morgan fingerprint density at radius 2 is 2.05 bits per heavy atom. The third-order valence-electron chi connectivity index (χ3n) is 2.54. The van der Waals surface area contributed by atoms with Crippen molar-refractivity contribution >= 4 is 48.9 Å². The standard InChI is InChI=1S/C12H9BrFNO4S2/c1-6-11(5-10(20-6)12(16)17)21(18,19)15-7-2-3-9(14)8(13)4-7/h2-5,15H,1H3,(H,16,17). The molecule has 0 saturated heterocycles. The second kappa shape index (κ2) is 5.74. The second-order valence-corrected chi connectivity index (χ2v) is 7.83. The van der Waals surface area contributed by atoms with Gasteiger partial charge in [-0.1, -0.05) is 0 Å². The molecule has 0 amide bonds. The Morgan fingerprint density at radius 3 is 2.57 bits per heavy atom. The molecule has 1 heterocycles. The van der Waals surface area contributed by atoms with Gasteiger partial charge < -0.3 is 5.11 Å². The SMILES string of the molecule is Cc1sc(C(=O)O)cc1S(=O)(=O)Nc1ccc(F)c(Br)c1. The van der Waals surface area contributed by atoms with Crippen molar-refractivity contribution in [1.82, 2.24) is 0 Å². The van der Waals surface area contributed by atoms with E-state index in [-0.39, 0.29) is 19.9 Å². The first-order valence-electron chi connectivity index (χ1n) is 5.52. The molecular weight excluding hydrogens is 385 g/mol. The summed E-state index contributed by atoms with van der Waals surface area (Å²) >= 11 is 3.84. The summed E-state index contributed by atoms with van der Waals surface area (Å²) in [7, 11) is -3.93. The van der Waals surface area contributed by atoms with Crippen molar-refractivity contribution in [3.63, 3.8) is 0 Å². The molecule has 1 aromatic carbocycles. The molecule has 0 aliphatic carbocycles. The number of rotatable bonds is 4. The molecule has 0 bridgehead atoms. The average molecular weight is 394 g/mol. The van der Waals surface area contributed by atoms with Gasteiger partial charge in [-0.05, 0) is 47.1 Å². The highest BCUT2D eigenvalue weighted by atomic mass is 79.9. The lowest BCUT2D eigenvalue weighted by atomic mass is 10.3. The van der Waals surface area contributed by atoms with E-state index in [0.717, 1.165) is 23.5 Å². The quantitative estimate of drug-likeness (QED) is 0.832. The first kappa shape index (κ1) is 15.9. The minimum Gasteiger partial charge on any atom is -0.477 e. The average Bonchev–Trinajstić information content (AvgIpc) is 2.77. The Balaban J connectivity index is 2.38. The zero-order chi connectivity index (χ0) is 15.8. The molecule has 0 aliphatic heterocycles. The van der Waals surface area contributed by atoms with E-state index >= 15 is 0 Å². The van der Waals surface area contributed by atoms with Gasteiger partial charge in [-0.15, -0.1) is 11.3 Å². The fraction of sp³-hybridized carbons (Fsp3) is 0.0833. The Kier molecular flexibility index (Phi) is 4.35. The number of aromatic carboxylic acids is 1. The predicted octanol–water partition coefficient (Wildman–Crippen LogP) is 3.46. The molecular formula is C12H9BrFNO4S2. The zero-order valence-electron chi connectivity index (χ0n) is 10.6. The van der Waals surface area contributed by atoms with E-state index in [4.69, 9.17) is 5.11 Å². The number of benzene rings is 1. The van der Waals surface area contributed by atoms with Crippen molar-refractivity contribution < 1.29 is 22.7 Å². The summed E-state index contributed by atoms with van der Waals surface area (Å²) in [5.41, 5.74) is 0.172. The monoisotopic (exact) mass is 393 g/mol. The number of sulfonamides is 1. The molecule has 2 N–H and O–H groups in total. The van der Waals surface area contributed by atoms with Gasteiger partial charge in [0.1, 0.15) is 15.6 Å². The van der Waals surface area contributed by atoms with Crippen LogP contribution in [0, 0.1) is 12.7 Å². The van der Waals surface area contributed by atoms with Gasteiger partial charge in [0.05, 0.1) is 10.2 Å². The summed E-state index contributed by atoms with van der Waals surface area (Å²) in [6, 6.07) is 4.78. The van der Waals surface area contributed by atoms with E-state index in [1.165, 1.54) is 19.1 Å². The van der Waals surface area contributed by atoms with Crippen LogP contribution in [0.4, 0.5) is 10.1 Å². The van der Waals surface area contributed by atoms with Crippen LogP contribution in [0.5, 0.6) is 0 Å². The minimum absolute atomic E-state index is 0.0619. The van der Waals surface area contributed by atoms with Crippen LogP contribution in [0.3, 0.4) is 0 Å².